The molecule has 4 aromatic rings. The second-order valence-corrected chi connectivity index (χ2v) is 9.52. The number of nitrogens with one attached hydrogen (secondary N) is 3. The Morgan fingerprint density at radius 2 is 1.89 bits per heavy atom. The summed E-state index contributed by atoms with van der Waals surface area (Å²) >= 11 is 7.96. The molecule has 0 spiro atoms. The van der Waals surface area contributed by atoms with Crippen molar-refractivity contribution in [2.75, 3.05) is 10.6 Å². The number of halogens is 4. The molecule has 186 valence electrons. The highest BCUT2D eigenvalue weighted by molar-refractivity contribution is 7.14. The minimum atomic E-state index is -4.66. The van der Waals surface area contributed by atoms with Crippen LogP contribution in [0.25, 0.3) is 0 Å². The summed E-state index contributed by atoms with van der Waals surface area (Å²) in [6.07, 6.45) is -0.520. The SMILES string of the molecule is C[C@H](NC(=O)c1cc(Nc2nccs2)ncn1)c1ncc(C(=O)Nc2ccc(Cl)c(C(F)(F)F)c2)s1. The van der Waals surface area contributed by atoms with Gasteiger partial charge in [-0.2, -0.15) is 13.2 Å². The average Bonchev–Trinajstić information content (AvgIpc) is 3.52. The minimum Gasteiger partial charge on any atom is -0.342 e. The predicted molar refractivity (Wildman–Crippen MR) is 130 cm³/mol. The molecule has 1 atom stereocenters. The molecule has 3 N–H and O–H groups in total. The lowest BCUT2D eigenvalue weighted by Gasteiger charge is -2.12. The molecule has 0 radical (unpaired) electrons. The molecular formula is C21H15ClF3N7O2S2. The van der Waals surface area contributed by atoms with Crippen LogP contribution in [0.3, 0.4) is 0 Å². The Morgan fingerprint density at radius 3 is 2.61 bits per heavy atom. The first kappa shape index (κ1) is 25.5. The summed E-state index contributed by atoms with van der Waals surface area (Å²) < 4.78 is 39.2. The van der Waals surface area contributed by atoms with Gasteiger partial charge >= 0.3 is 6.18 Å². The lowest BCUT2D eigenvalue weighted by atomic mass is 10.2. The number of nitrogens with zero attached hydrogens (tertiary/aromatic N) is 4. The molecule has 0 saturated carbocycles. The van der Waals surface area contributed by atoms with Crippen LogP contribution in [0, 0.1) is 0 Å². The summed E-state index contributed by atoms with van der Waals surface area (Å²) in [7, 11) is 0. The molecule has 0 unspecified atom stereocenters. The van der Waals surface area contributed by atoms with Gasteiger partial charge in [0.2, 0.25) is 0 Å². The molecule has 9 nitrogen and oxygen atoms in total. The number of aromatic nitrogens is 4. The van der Waals surface area contributed by atoms with E-state index in [4.69, 9.17) is 11.6 Å². The highest BCUT2D eigenvalue weighted by Gasteiger charge is 2.33. The van der Waals surface area contributed by atoms with Gasteiger partial charge in [0.15, 0.2) is 5.13 Å². The Labute approximate surface area is 214 Å². The number of carbonyl (C=O) groups is 2. The van der Waals surface area contributed by atoms with Gasteiger partial charge in [0.05, 0.1) is 22.8 Å². The maximum absolute atomic E-state index is 13.1. The lowest BCUT2D eigenvalue weighted by Crippen LogP contribution is -2.27. The highest BCUT2D eigenvalue weighted by Crippen LogP contribution is 2.36. The fraction of sp³-hybridized carbons (Fsp3) is 0.143. The zero-order valence-electron chi connectivity index (χ0n) is 18.1. The summed E-state index contributed by atoms with van der Waals surface area (Å²) in [5, 5.41) is 10.4. The van der Waals surface area contributed by atoms with Crippen molar-refractivity contribution in [3.05, 3.63) is 74.5 Å². The first-order valence-corrected chi connectivity index (χ1v) is 12.1. The maximum atomic E-state index is 13.1. The van der Waals surface area contributed by atoms with Gasteiger partial charge in [-0.25, -0.2) is 19.9 Å². The Bertz CT molecular complexity index is 1400. The summed E-state index contributed by atoms with van der Waals surface area (Å²) in [5.41, 5.74) is -1.02. The number of alkyl halides is 3. The molecular weight excluding hydrogens is 539 g/mol. The quantitative estimate of drug-likeness (QED) is 0.274. The fourth-order valence-electron chi connectivity index (χ4n) is 2.88. The first-order valence-electron chi connectivity index (χ1n) is 10.0. The van der Waals surface area contributed by atoms with Crippen molar-refractivity contribution in [3.8, 4) is 0 Å². The third-order valence-electron chi connectivity index (χ3n) is 4.56. The molecule has 2 amide bonds. The van der Waals surface area contributed by atoms with Crippen molar-refractivity contribution >= 4 is 62.7 Å². The van der Waals surface area contributed by atoms with E-state index < -0.39 is 34.6 Å². The summed E-state index contributed by atoms with van der Waals surface area (Å²) in [5.74, 6) is -0.752. The second-order valence-electron chi connectivity index (χ2n) is 7.16. The molecule has 3 aromatic heterocycles. The number of carbonyl (C=O) groups excluding carboxylic acids is 2. The number of amides is 2. The van der Waals surface area contributed by atoms with E-state index in [9.17, 15) is 22.8 Å². The number of hydrogen-bond acceptors (Lipinski definition) is 9. The number of anilines is 3. The van der Waals surface area contributed by atoms with E-state index in [2.05, 4.69) is 35.9 Å². The van der Waals surface area contributed by atoms with E-state index in [1.807, 2.05) is 0 Å². The Balaban J connectivity index is 1.40. The molecule has 1 aromatic carbocycles. The van der Waals surface area contributed by atoms with E-state index in [0.29, 0.717) is 16.0 Å². The van der Waals surface area contributed by atoms with E-state index >= 15 is 0 Å². The molecule has 0 bridgehead atoms. The van der Waals surface area contributed by atoms with E-state index in [0.717, 1.165) is 23.5 Å². The van der Waals surface area contributed by atoms with Gasteiger partial charge in [0, 0.05) is 23.3 Å². The number of thiazole rings is 2. The third-order valence-corrected chi connectivity index (χ3v) is 6.76. The van der Waals surface area contributed by atoms with Gasteiger partial charge in [-0.15, -0.1) is 22.7 Å². The highest BCUT2D eigenvalue weighted by atomic mass is 35.5. The second kappa shape index (κ2) is 10.6. The van der Waals surface area contributed by atoms with Crippen molar-refractivity contribution < 1.29 is 22.8 Å². The van der Waals surface area contributed by atoms with E-state index in [1.165, 1.54) is 36.0 Å². The summed E-state index contributed by atoms with van der Waals surface area (Å²) in [6, 6.07) is 3.96. The third kappa shape index (κ3) is 6.13. The number of benzene rings is 1. The molecule has 0 saturated heterocycles. The smallest absolute Gasteiger partial charge is 0.342 e. The number of rotatable bonds is 7. The zero-order chi connectivity index (χ0) is 25.9. The molecule has 15 heteroatoms. The van der Waals surface area contributed by atoms with E-state index in [-0.39, 0.29) is 16.3 Å². The van der Waals surface area contributed by atoms with Crippen LogP contribution in [0.1, 0.15) is 43.7 Å². The van der Waals surface area contributed by atoms with Crippen molar-refractivity contribution in [3.63, 3.8) is 0 Å². The maximum Gasteiger partial charge on any atom is 0.417 e. The Kier molecular flexibility index (Phi) is 7.47. The van der Waals surface area contributed by atoms with Crippen molar-refractivity contribution in [1.29, 1.82) is 0 Å². The fourth-order valence-corrected chi connectivity index (χ4v) is 4.46. The first-order chi connectivity index (χ1) is 17.1. The molecule has 0 aliphatic rings. The van der Waals surface area contributed by atoms with Crippen LogP contribution >= 0.6 is 34.3 Å². The van der Waals surface area contributed by atoms with Crippen LogP contribution in [0.5, 0.6) is 0 Å². The van der Waals surface area contributed by atoms with Gasteiger partial charge < -0.3 is 16.0 Å². The summed E-state index contributed by atoms with van der Waals surface area (Å²) in [4.78, 5) is 41.6. The molecule has 4 rings (SSSR count). The van der Waals surface area contributed by atoms with Gasteiger partial charge in [0.25, 0.3) is 11.8 Å². The molecule has 3 heterocycles. The minimum absolute atomic E-state index is 0.0704. The average molecular weight is 554 g/mol. The monoisotopic (exact) mass is 553 g/mol. The normalized spacial score (nSPS) is 12.1. The molecule has 36 heavy (non-hydrogen) atoms. The Morgan fingerprint density at radius 1 is 1.08 bits per heavy atom. The van der Waals surface area contributed by atoms with Crippen LogP contribution < -0.4 is 16.0 Å². The van der Waals surface area contributed by atoms with Crippen LogP contribution in [-0.2, 0) is 6.18 Å². The Hall–Kier alpha value is -3.62. The zero-order valence-corrected chi connectivity index (χ0v) is 20.5. The van der Waals surface area contributed by atoms with Gasteiger partial charge in [0.1, 0.15) is 27.7 Å². The topological polar surface area (TPSA) is 122 Å². The van der Waals surface area contributed by atoms with Crippen LogP contribution in [0.15, 0.2) is 48.4 Å². The molecule has 0 fully saturated rings. The molecule has 0 aliphatic carbocycles. The van der Waals surface area contributed by atoms with Gasteiger partial charge in [-0.1, -0.05) is 11.6 Å². The number of hydrogen-bond donors (Lipinski definition) is 3. The van der Waals surface area contributed by atoms with Crippen molar-refractivity contribution in [2.45, 2.75) is 19.1 Å². The molecule has 0 aliphatic heterocycles. The predicted octanol–water partition coefficient (Wildman–Crippen LogP) is 5.55. The van der Waals surface area contributed by atoms with Crippen molar-refractivity contribution in [2.24, 2.45) is 0 Å². The van der Waals surface area contributed by atoms with Gasteiger partial charge in [-0.05, 0) is 25.1 Å². The van der Waals surface area contributed by atoms with Gasteiger partial charge in [-0.3, -0.25) is 9.59 Å². The standard InChI is InChI=1S/C21H15ClF3N7O2S2/c1-10(30-17(33)14-7-16(29-9-28-14)32-20-26-4-5-35-20)19-27-8-15(36-19)18(34)31-11-2-3-13(22)12(6-11)21(23,24)25/h2-10H,1H3,(H,30,33)(H,31,34)(H,26,28,29,32)/t10-/m0/s1. The van der Waals surface area contributed by atoms with Crippen LogP contribution in [-0.4, -0.2) is 31.8 Å². The van der Waals surface area contributed by atoms with E-state index in [1.54, 1.807) is 18.5 Å². The van der Waals surface area contributed by atoms with Crippen LogP contribution in [0.4, 0.5) is 29.8 Å². The van der Waals surface area contributed by atoms with Crippen molar-refractivity contribution in [1.82, 2.24) is 25.3 Å². The largest absolute Gasteiger partial charge is 0.417 e. The van der Waals surface area contributed by atoms with Crippen LogP contribution in [0.2, 0.25) is 5.02 Å². The lowest BCUT2D eigenvalue weighted by molar-refractivity contribution is -0.137. The summed E-state index contributed by atoms with van der Waals surface area (Å²) in [6.45, 7) is 1.67.